The van der Waals surface area contributed by atoms with Gasteiger partial charge in [0.15, 0.2) is 0 Å². The maximum Gasteiger partial charge on any atom is 0.368 e. The zero-order valence-corrected chi connectivity index (χ0v) is 16.0. The number of nitrogens with zero attached hydrogens (tertiary/aromatic N) is 2. The average molecular weight is 389 g/mol. The van der Waals surface area contributed by atoms with E-state index in [0.717, 1.165) is 22.0 Å². The van der Waals surface area contributed by atoms with E-state index in [0.29, 0.717) is 17.0 Å². The number of fused-ring (bicyclic) bond motifs is 1. The lowest BCUT2D eigenvalue weighted by Crippen LogP contribution is -2.16. The summed E-state index contributed by atoms with van der Waals surface area (Å²) in [4.78, 5) is 29.3. The number of ether oxygens (including phenoxy) is 1. The van der Waals surface area contributed by atoms with Gasteiger partial charge in [-0.15, -0.1) is 0 Å². The summed E-state index contributed by atoms with van der Waals surface area (Å²) >= 11 is 0. The second-order valence-electron chi connectivity index (χ2n) is 6.71. The first-order valence-electron chi connectivity index (χ1n) is 9.04. The Morgan fingerprint density at radius 1 is 1.21 bits per heavy atom. The van der Waals surface area contributed by atoms with Gasteiger partial charge in [-0.05, 0) is 31.2 Å². The number of carbonyl (C=O) groups is 2. The van der Waals surface area contributed by atoms with Crippen molar-refractivity contribution >= 4 is 40.3 Å². The standard InChI is InChI=1S/C22H19N3O4/c1-13(21(26)28-2)25-12-15(17-5-3-4-6-19(17)25)11-18-20(24-29-22(18)27)14-7-9-16(23)10-8-14/h3-13H,23H2,1-2H3. The van der Waals surface area contributed by atoms with Crippen LogP contribution >= 0.6 is 0 Å². The predicted molar refractivity (Wildman–Crippen MR) is 110 cm³/mol. The van der Waals surface area contributed by atoms with Crippen molar-refractivity contribution < 1.29 is 19.2 Å². The van der Waals surface area contributed by atoms with Crippen molar-refractivity contribution in [1.82, 2.24) is 4.57 Å². The minimum Gasteiger partial charge on any atom is -0.467 e. The summed E-state index contributed by atoms with van der Waals surface area (Å²) in [6.07, 6.45) is 3.55. The zero-order valence-electron chi connectivity index (χ0n) is 16.0. The Balaban J connectivity index is 1.83. The van der Waals surface area contributed by atoms with Crippen LogP contribution in [0.3, 0.4) is 0 Å². The monoisotopic (exact) mass is 389 g/mol. The molecule has 4 rings (SSSR count). The first-order valence-corrected chi connectivity index (χ1v) is 9.04. The quantitative estimate of drug-likeness (QED) is 0.320. The maximum atomic E-state index is 12.3. The molecular formula is C22H19N3O4. The Labute approximate surface area is 167 Å². The van der Waals surface area contributed by atoms with Crippen molar-refractivity contribution in [1.29, 1.82) is 0 Å². The van der Waals surface area contributed by atoms with Crippen molar-refractivity contribution in [3.63, 3.8) is 0 Å². The number of anilines is 1. The number of hydrogen-bond donors (Lipinski definition) is 1. The molecule has 2 N–H and O–H groups in total. The van der Waals surface area contributed by atoms with Gasteiger partial charge in [0.1, 0.15) is 11.8 Å². The van der Waals surface area contributed by atoms with Crippen LogP contribution in [-0.2, 0) is 19.2 Å². The maximum absolute atomic E-state index is 12.3. The van der Waals surface area contributed by atoms with Gasteiger partial charge in [0.2, 0.25) is 0 Å². The summed E-state index contributed by atoms with van der Waals surface area (Å²) in [5.41, 5.74) is 9.49. The lowest BCUT2D eigenvalue weighted by Gasteiger charge is -2.12. The molecule has 1 aliphatic heterocycles. The summed E-state index contributed by atoms with van der Waals surface area (Å²) in [5, 5.41) is 4.83. The lowest BCUT2D eigenvalue weighted by atomic mass is 10.0. The van der Waals surface area contributed by atoms with Crippen LogP contribution in [0.1, 0.15) is 24.1 Å². The number of nitrogen functional groups attached to an aromatic ring is 1. The van der Waals surface area contributed by atoms with Crippen molar-refractivity contribution in [2.24, 2.45) is 5.16 Å². The molecule has 7 heteroatoms. The van der Waals surface area contributed by atoms with Crippen LogP contribution < -0.4 is 5.73 Å². The van der Waals surface area contributed by atoms with Gasteiger partial charge in [-0.2, -0.15) is 0 Å². The molecule has 2 heterocycles. The third-order valence-corrected chi connectivity index (χ3v) is 4.91. The number of carbonyl (C=O) groups excluding carboxylic acids is 2. The zero-order chi connectivity index (χ0) is 20.5. The number of hydrogen-bond acceptors (Lipinski definition) is 6. The number of nitrogens with two attached hydrogens (primary N) is 1. The van der Waals surface area contributed by atoms with Gasteiger partial charge in [0, 0.05) is 33.9 Å². The summed E-state index contributed by atoms with van der Waals surface area (Å²) in [5.74, 6) is -0.885. The largest absolute Gasteiger partial charge is 0.467 e. The normalized spacial score (nSPS) is 16.0. The highest BCUT2D eigenvalue weighted by Gasteiger charge is 2.28. The van der Waals surface area contributed by atoms with Gasteiger partial charge in [0.25, 0.3) is 0 Å². The van der Waals surface area contributed by atoms with E-state index < -0.39 is 12.0 Å². The van der Waals surface area contributed by atoms with Gasteiger partial charge in [0.05, 0.1) is 12.7 Å². The summed E-state index contributed by atoms with van der Waals surface area (Å²) in [7, 11) is 1.36. The van der Waals surface area contributed by atoms with Crippen molar-refractivity contribution in [3.05, 3.63) is 71.4 Å². The van der Waals surface area contributed by atoms with E-state index in [1.807, 2.05) is 35.0 Å². The molecule has 2 aromatic carbocycles. The molecule has 3 aromatic rings. The Bertz CT molecular complexity index is 1170. The number of esters is 1. The fraction of sp³-hybridized carbons (Fsp3) is 0.136. The minimum atomic E-state index is -0.533. The smallest absolute Gasteiger partial charge is 0.368 e. The third kappa shape index (κ3) is 3.27. The number of para-hydroxylation sites is 1. The number of aromatic nitrogens is 1. The molecule has 0 fully saturated rings. The number of oxime groups is 1. The molecule has 1 aromatic heterocycles. The highest BCUT2D eigenvalue weighted by atomic mass is 16.7. The summed E-state index contributed by atoms with van der Waals surface area (Å²) in [6, 6.07) is 14.2. The van der Waals surface area contributed by atoms with E-state index >= 15 is 0 Å². The molecule has 1 unspecified atom stereocenters. The van der Waals surface area contributed by atoms with Crippen molar-refractivity contribution in [2.75, 3.05) is 12.8 Å². The fourth-order valence-electron chi connectivity index (χ4n) is 3.37. The Hall–Kier alpha value is -3.87. The number of methoxy groups -OCH3 is 1. The van der Waals surface area contributed by atoms with E-state index in [1.165, 1.54) is 7.11 Å². The van der Waals surface area contributed by atoms with Crippen LogP contribution in [0.4, 0.5) is 5.69 Å². The molecule has 146 valence electrons. The molecule has 0 radical (unpaired) electrons. The lowest BCUT2D eigenvalue weighted by molar-refractivity contribution is -0.144. The molecule has 0 saturated heterocycles. The molecule has 29 heavy (non-hydrogen) atoms. The van der Waals surface area contributed by atoms with Crippen LogP contribution in [0, 0.1) is 0 Å². The predicted octanol–water partition coefficient (Wildman–Crippen LogP) is 3.30. The third-order valence-electron chi connectivity index (χ3n) is 4.91. The Morgan fingerprint density at radius 3 is 2.66 bits per heavy atom. The second-order valence-corrected chi connectivity index (χ2v) is 6.71. The average Bonchev–Trinajstić information content (AvgIpc) is 3.29. The summed E-state index contributed by atoms with van der Waals surface area (Å²) < 4.78 is 6.71. The van der Waals surface area contributed by atoms with E-state index in [2.05, 4.69) is 5.16 Å². The molecule has 0 aliphatic carbocycles. The topological polar surface area (TPSA) is 95.9 Å². The van der Waals surface area contributed by atoms with Gasteiger partial charge < -0.3 is 19.9 Å². The molecule has 0 spiro atoms. The fourth-order valence-corrected chi connectivity index (χ4v) is 3.37. The van der Waals surface area contributed by atoms with Gasteiger partial charge in [-0.3, -0.25) is 0 Å². The number of benzene rings is 2. The molecular weight excluding hydrogens is 370 g/mol. The first kappa shape index (κ1) is 18.5. The molecule has 0 amide bonds. The van der Waals surface area contributed by atoms with Crippen LogP contribution in [-0.4, -0.2) is 29.3 Å². The van der Waals surface area contributed by atoms with Crippen LogP contribution in [0.25, 0.3) is 17.0 Å². The van der Waals surface area contributed by atoms with E-state index in [9.17, 15) is 9.59 Å². The molecule has 1 atom stereocenters. The van der Waals surface area contributed by atoms with Crippen molar-refractivity contribution in [2.45, 2.75) is 13.0 Å². The first-order chi connectivity index (χ1) is 14.0. The molecule has 7 nitrogen and oxygen atoms in total. The Kier molecular flexibility index (Phi) is 4.64. The van der Waals surface area contributed by atoms with Crippen molar-refractivity contribution in [3.8, 4) is 0 Å². The van der Waals surface area contributed by atoms with Gasteiger partial charge >= 0.3 is 11.9 Å². The van der Waals surface area contributed by atoms with Crippen LogP contribution in [0.5, 0.6) is 0 Å². The van der Waals surface area contributed by atoms with Gasteiger partial charge in [-0.1, -0.05) is 35.5 Å². The SMILES string of the molecule is COC(=O)C(C)n1cc(C=C2C(=O)ON=C2c2ccc(N)cc2)c2ccccc21. The van der Waals surface area contributed by atoms with E-state index in [1.54, 1.807) is 37.3 Å². The minimum absolute atomic E-state index is 0.336. The van der Waals surface area contributed by atoms with Gasteiger partial charge in [-0.25, -0.2) is 9.59 Å². The highest BCUT2D eigenvalue weighted by molar-refractivity contribution is 6.31. The van der Waals surface area contributed by atoms with E-state index in [4.69, 9.17) is 15.3 Å². The van der Waals surface area contributed by atoms with E-state index in [-0.39, 0.29) is 5.97 Å². The second kappa shape index (κ2) is 7.27. The number of rotatable bonds is 4. The van der Waals surface area contributed by atoms with Crippen LogP contribution in [0.2, 0.25) is 0 Å². The van der Waals surface area contributed by atoms with Crippen LogP contribution in [0.15, 0.2) is 65.5 Å². The molecule has 0 saturated carbocycles. The molecule has 1 aliphatic rings. The Morgan fingerprint density at radius 2 is 1.93 bits per heavy atom. The summed E-state index contributed by atoms with van der Waals surface area (Å²) in [6.45, 7) is 1.76. The molecule has 0 bridgehead atoms. The highest BCUT2D eigenvalue weighted by Crippen LogP contribution is 2.29.